The molecule has 1 amide bonds. The lowest BCUT2D eigenvalue weighted by Gasteiger charge is -2.19. The molecule has 1 atom stereocenters. The molecule has 2 aromatic rings. The van der Waals surface area contributed by atoms with Gasteiger partial charge in [-0.2, -0.15) is 5.10 Å². The van der Waals surface area contributed by atoms with Crippen LogP contribution in [0.5, 0.6) is 0 Å². The van der Waals surface area contributed by atoms with Crippen molar-refractivity contribution < 1.29 is 4.79 Å². The number of halogens is 1. The van der Waals surface area contributed by atoms with Crippen LogP contribution in [-0.4, -0.2) is 34.8 Å². The van der Waals surface area contributed by atoms with Crippen molar-refractivity contribution in [2.24, 2.45) is 7.05 Å². The molecule has 1 saturated heterocycles. The van der Waals surface area contributed by atoms with Gasteiger partial charge >= 0.3 is 0 Å². The number of hydrogen-bond donors (Lipinski definition) is 1. The average Bonchev–Trinajstić information content (AvgIpc) is 3.08. The van der Waals surface area contributed by atoms with Crippen LogP contribution in [0.3, 0.4) is 0 Å². The molecule has 1 aliphatic rings. The fraction of sp³-hybridized carbons (Fsp3) is 0.333. The highest BCUT2D eigenvalue weighted by molar-refractivity contribution is 6.30. The second-order valence-electron chi connectivity index (χ2n) is 5.29. The van der Waals surface area contributed by atoms with Crippen molar-refractivity contribution in [2.45, 2.75) is 12.5 Å². The van der Waals surface area contributed by atoms with Gasteiger partial charge in [-0.25, -0.2) is 0 Å². The number of nitrogens with one attached hydrogen (secondary N) is 1. The van der Waals surface area contributed by atoms with Crippen molar-refractivity contribution in [3.63, 3.8) is 0 Å². The lowest BCUT2D eigenvalue weighted by molar-refractivity contribution is 0.0940. The van der Waals surface area contributed by atoms with E-state index in [1.807, 2.05) is 24.3 Å². The Bertz CT molecular complexity index is 655. The van der Waals surface area contributed by atoms with Crippen LogP contribution in [0.25, 0.3) is 0 Å². The van der Waals surface area contributed by atoms with Gasteiger partial charge in [0.05, 0.1) is 11.8 Å². The first-order valence-corrected chi connectivity index (χ1v) is 7.29. The highest BCUT2D eigenvalue weighted by Gasteiger charge is 2.24. The third-order valence-electron chi connectivity index (χ3n) is 3.66. The van der Waals surface area contributed by atoms with Gasteiger partial charge in [0.25, 0.3) is 5.91 Å². The van der Waals surface area contributed by atoms with Crippen molar-refractivity contribution in [2.75, 3.05) is 18.0 Å². The van der Waals surface area contributed by atoms with Gasteiger partial charge in [-0.05, 0) is 24.6 Å². The van der Waals surface area contributed by atoms with Crippen LogP contribution >= 0.6 is 11.6 Å². The first-order chi connectivity index (χ1) is 10.1. The van der Waals surface area contributed by atoms with Crippen LogP contribution in [0.1, 0.15) is 16.8 Å². The van der Waals surface area contributed by atoms with Crippen molar-refractivity contribution >= 4 is 23.2 Å². The Hall–Kier alpha value is -2.01. The van der Waals surface area contributed by atoms with E-state index in [1.165, 1.54) is 0 Å². The number of benzene rings is 1. The van der Waals surface area contributed by atoms with Gasteiger partial charge in [-0.15, -0.1) is 0 Å². The first-order valence-electron chi connectivity index (χ1n) is 6.92. The molecule has 3 rings (SSSR count). The predicted octanol–water partition coefficient (Wildman–Crippen LogP) is 2.08. The molecule has 0 bridgehead atoms. The normalized spacial score (nSPS) is 18.0. The van der Waals surface area contributed by atoms with E-state index < -0.39 is 0 Å². The summed E-state index contributed by atoms with van der Waals surface area (Å²) in [6, 6.07) is 7.95. The summed E-state index contributed by atoms with van der Waals surface area (Å²) in [4.78, 5) is 14.3. The number of hydrogen-bond acceptors (Lipinski definition) is 3. The van der Waals surface area contributed by atoms with Gasteiger partial charge in [0.15, 0.2) is 0 Å². The number of amides is 1. The zero-order valence-electron chi connectivity index (χ0n) is 11.8. The van der Waals surface area contributed by atoms with Crippen molar-refractivity contribution in [3.05, 3.63) is 47.2 Å². The fourth-order valence-electron chi connectivity index (χ4n) is 2.59. The van der Waals surface area contributed by atoms with E-state index in [1.54, 1.807) is 24.1 Å². The molecule has 1 aromatic carbocycles. The van der Waals surface area contributed by atoms with Gasteiger partial charge in [0, 0.05) is 43.1 Å². The molecule has 1 N–H and O–H groups in total. The molecular weight excluding hydrogens is 288 g/mol. The summed E-state index contributed by atoms with van der Waals surface area (Å²) >= 11 is 6.02. The Morgan fingerprint density at radius 2 is 2.33 bits per heavy atom. The van der Waals surface area contributed by atoms with Gasteiger partial charge in [-0.3, -0.25) is 9.48 Å². The number of rotatable bonds is 3. The molecule has 1 aliphatic heterocycles. The third-order valence-corrected chi connectivity index (χ3v) is 3.90. The van der Waals surface area contributed by atoms with E-state index in [2.05, 4.69) is 15.3 Å². The minimum Gasteiger partial charge on any atom is -0.369 e. The largest absolute Gasteiger partial charge is 0.369 e. The zero-order chi connectivity index (χ0) is 14.8. The van der Waals surface area contributed by atoms with Gasteiger partial charge in [0.1, 0.15) is 0 Å². The Labute approximate surface area is 128 Å². The van der Waals surface area contributed by atoms with Gasteiger partial charge in [-0.1, -0.05) is 17.7 Å². The highest BCUT2D eigenvalue weighted by atomic mass is 35.5. The average molecular weight is 305 g/mol. The zero-order valence-corrected chi connectivity index (χ0v) is 12.5. The summed E-state index contributed by atoms with van der Waals surface area (Å²) in [7, 11) is 1.80. The van der Waals surface area contributed by atoms with Crippen LogP contribution in [0.4, 0.5) is 5.69 Å². The maximum Gasteiger partial charge on any atom is 0.254 e. The van der Waals surface area contributed by atoms with E-state index in [0.717, 1.165) is 30.2 Å². The summed E-state index contributed by atoms with van der Waals surface area (Å²) < 4.78 is 1.63. The second kappa shape index (κ2) is 5.77. The molecule has 21 heavy (non-hydrogen) atoms. The molecule has 0 spiro atoms. The summed E-state index contributed by atoms with van der Waals surface area (Å²) in [5.74, 6) is -0.0685. The smallest absolute Gasteiger partial charge is 0.254 e. The number of anilines is 1. The van der Waals surface area contributed by atoms with E-state index in [9.17, 15) is 4.79 Å². The molecule has 5 nitrogen and oxygen atoms in total. The maximum atomic E-state index is 12.1. The van der Waals surface area contributed by atoms with Crippen LogP contribution in [0.15, 0.2) is 36.7 Å². The Balaban J connectivity index is 1.61. The molecule has 1 aromatic heterocycles. The van der Waals surface area contributed by atoms with Crippen molar-refractivity contribution in [1.29, 1.82) is 0 Å². The fourth-order valence-corrected chi connectivity index (χ4v) is 2.78. The molecule has 1 fully saturated rings. The van der Waals surface area contributed by atoms with E-state index in [-0.39, 0.29) is 11.9 Å². The summed E-state index contributed by atoms with van der Waals surface area (Å²) in [5.41, 5.74) is 1.69. The lowest BCUT2D eigenvalue weighted by Crippen LogP contribution is -2.37. The minimum absolute atomic E-state index is 0.0685. The van der Waals surface area contributed by atoms with Crippen molar-refractivity contribution in [3.8, 4) is 0 Å². The lowest BCUT2D eigenvalue weighted by atomic mass is 10.2. The van der Waals surface area contributed by atoms with Crippen molar-refractivity contribution in [1.82, 2.24) is 15.1 Å². The SMILES string of the molecule is Cn1cc(C(=O)N[C@@H]2CCN(c3cccc(Cl)c3)C2)cn1. The standard InChI is InChI=1S/C15H17ClN4O/c1-19-9-11(8-17-19)15(21)18-13-5-6-20(10-13)14-4-2-3-12(16)7-14/h2-4,7-9,13H,5-6,10H2,1H3,(H,18,21)/t13-/m1/s1. The Morgan fingerprint density at radius 1 is 1.48 bits per heavy atom. The first kappa shape index (κ1) is 13.9. The van der Waals surface area contributed by atoms with E-state index >= 15 is 0 Å². The number of nitrogens with zero attached hydrogens (tertiary/aromatic N) is 3. The Kier molecular flexibility index (Phi) is 3.84. The second-order valence-corrected chi connectivity index (χ2v) is 5.72. The topological polar surface area (TPSA) is 50.2 Å². The summed E-state index contributed by atoms with van der Waals surface area (Å²) in [6.07, 6.45) is 4.23. The Morgan fingerprint density at radius 3 is 3.05 bits per heavy atom. The van der Waals surface area contributed by atoms with Crippen LogP contribution in [-0.2, 0) is 7.05 Å². The molecule has 0 aliphatic carbocycles. The molecular formula is C15H17ClN4O. The summed E-state index contributed by atoms with van der Waals surface area (Å²) in [6.45, 7) is 1.71. The molecule has 6 heteroatoms. The van der Waals surface area contributed by atoms with E-state index in [4.69, 9.17) is 11.6 Å². The van der Waals surface area contributed by atoms with Gasteiger partial charge < -0.3 is 10.2 Å². The highest BCUT2D eigenvalue weighted by Crippen LogP contribution is 2.23. The molecule has 0 radical (unpaired) electrons. The number of aromatic nitrogens is 2. The molecule has 2 heterocycles. The number of carbonyl (C=O) groups is 1. The number of carbonyl (C=O) groups excluding carboxylic acids is 1. The monoisotopic (exact) mass is 304 g/mol. The van der Waals surface area contributed by atoms with Gasteiger partial charge in [0.2, 0.25) is 0 Å². The maximum absolute atomic E-state index is 12.1. The third kappa shape index (κ3) is 3.19. The minimum atomic E-state index is -0.0685. The van der Waals surface area contributed by atoms with Crippen LogP contribution in [0.2, 0.25) is 5.02 Å². The molecule has 0 saturated carbocycles. The predicted molar refractivity (Wildman–Crippen MR) is 82.7 cm³/mol. The van der Waals surface area contributed by atoms with Crippen LogP contribution < -0.4 is 10.2 Å². The summed E-state index contributed by atoms with van der Waals surface area (Å²) in [5, 5.41) is 7.80. The van der Waals surface area contributed by atoms with E-state index in [0.29, 0.717) is 5.56 Å². The van der Waals surface area contributed by atoms with Crippen LogP contribution in [0, 0.1) is 0 Å². The quantitative estimate of drug-likeness (QED) is 0.944. The number of aryl methyl sites for hydroxylation is 1. The molecule has 0 unspecified atom stereocenters. The molecule has 110 valence electrons.